The Morgan fingerprint density at radius 1 is 1.36 bits per heavy atom. The molecule has 7 nitrogen and oxygen atoms in total. The lowest BCUT2D eigenvalue weighted by atomic mass is 10.2. The van der Waals surface area contributed by atoms with Gasteiger partial charge in [-0.1, -0.05) is 0 Å². The number of alkyl halides is 1. The second-order valence-electron chi connectivity index (χ2n) is 4.67. The minimum atomic E-state index is -0.392. The third-order valence-corrected chi connectivity index (χ3v) is 3.40. The minimum Gasteiger partial charge on any atom is -0.373 e. The molecule has 0 atom stereocenters. The predicted octanol–water partition coefficient (Wildman–Crippen LogP) is 0.361. The van der Waals surface area contributed by atoms with Gasteiger partial charge in [-0.15, -0.1) is 11.6 Å². The molecular formula is C14H17ClN6O. The number of carbonyl (C=O) groups is 1. The quantitative estimate of drug-likeness (QED) is 0.479. The highest BCUT2D eigenvalue weighted by atomic mass is 35.5. The zero-order chi connectivity index (χ0) is 15.8. The van der Waals surface area contributed by atoms with Gasteiger partial charge in [0.25, 0.3) is 5.91 Å². The van der Waals surface area contributed by atoms with Crippen LogP contribution in [0, 0.1) is 11.3 Å². The van der Waals surface area contributed by atoms with Gasteiger partial charge in [0.1, 0.15) is 11.6 Å². The Bertz CT molecular complexity index is 562. The second-order valence-corrected chi connectivity index (χ2v) is 5.05. The van der Waals surface area contributed by atoms with Crippen molar-refractivity contribution >= 4 is 23.5 Å². The van der Waals surface area contributed by atoms with E-state index in [2.05, 4.69) is 20.2 Å². The lowest BCUT2D eigenvalue weighted by Crippen LogP contribution is -2.45. The molecule has 0 radical (unpaired) electrons. The fraction of sp³-hybridized carbons (Fsp3) is 0.429. The normalized spacial score (nSPS) is 15.4. The molecule has 1 saturated heterocycles. The van der Waals surface area contributed by atoms with Crippen molar-refractivity contribution in [3.63, 3.8) is 0 Å². The van der Waals surface area contributed by atoms with Gasteiger partial charge in [0.15, 0.2) is 0 Å². The second kappa shape index (κ2) is 8.20. The molecule has 1 aromatic heterocycles. The molecule has 0 bridgehead atoms. The highest BCUT2D eigenvalue weighted by molar-refractivity contribution is 6.18. The molecule has 1 aliphatic heterocycles. The third kappa shape index (κ3) is 4.33. The topological polar surface area (TPSA) is 85.2 Å². The van der Waals surface area contributed by atoms with Gasteiger partial charge in [-0.2, -0.15) is 5.26 Å². The van der Waals surface area contributed by atoms with Crippen LogP contribution in [0.25, 0.3) is 0 Å². The number of halogens is 1. The summed E-state index contributed by atoms with van der Waals surface area (Å²) in [6.45, 7) is 3.22. The van der Waals surface area contributed by atoms with Crippen LogP contribution in [0.5, 0.6) is 0 Å². The van der Waals surface area contributed by atoms with E-state index in [0.29, 0.717) is 31.5 Å². The molecule has 2 heterocycles. The monoisotopic (exact) mass is 320 g/mol. The summed E-state index contributed by atoms with van der Waals surface area (Å²) in [4.78, 5) is 24.2. The van der Waals surface area contributed by atoms with Gasteiger partial charge < -0.3 is 15.1 Å². The number of rotatable bonds is 5. The molecule has 0 aliphatic carbocycles. The van der Waals surface area contributed by atoms with Gasteiger partial charge >= 0.3 is 0 Å². The van der Waals surface area contributed by atoms with Crippen LogP contribution in [-0.2, 0) is 4.79 Å². The fourth-order valence-electron chi connectivity index (χ4n) is 2.08. The van der Waals surface area contributed by atoms with Crippen LogP contribution in [0.3, 0.4) is 0 Å². The zero-order valence-corrected chi connectivity index (χ0v) is 12.8. The number of carbonyl (C=O) groups excluding carboxylic acids is 1. The van der Waals surface area contributed by atoms with Crippen LogP contribution in [-0.4, -0.2) is 59.4 Å². The maximum absolute atomic E-state index is 11.8. The van der Waals surface area contributed by atoms with Crippen molar-refractivity contribution in [3.8, 4) is 6.07 Å². The minimum absolute atomic E-state index is 0.0922. The van der Waals surface area contributed by atoms with E-state index in [-0.39, 0.29) is 5.57 Å². The average molecular weight is 321 g/mol. The van der Waals surface area contributed by atoms with Crippen molar-refractivity contribution in [2.75, 3.05) is 43.5 Å². The fourth-order valence-corrected chi connectivity index (χ4v) is 2.18. The molecule has 2 rings (SSSR count). The largest absolute Gasteiger partial charge is 0.373 e. The van der Waals surface area contributed by atoms with E-state index in [9.17, 15) is 4.79 Å². The van der Waals surface area contributed by atoms with Gasteiger partial charge in [-0.3, -0.25) is 4.79 Å². The van der Waals surface area contributed by atoms with Crippen molar-refractivity contribution in [1.29, 1.82) is 5.26 Å². The van der Waals surface area contributed by atoms with Crippen molar-refractivity contribution in [2.24, 2.45) is 0 Å². The van der Waals surface area contributed by atoms with Crippen LogP contribution >= 0.6 is 11.6 Å². The molecular weight excluding hydrogens is 304 g/mol. The first kappa shape index (κ1) is 16.0. The summed E-state index contributed by atoms with van der Waals surface area (Å²) in [5.41, 5.74) is 0.0922. The van der Waals surface area contributed by atoms with Gasteiger partial charge in [0, 0.05) is 57.2 Å². The maximum atomic E-state index is 11.8. The zero-order valence-electron chi connectivity index (χ0n) is 12.1. The predicted molar refractivity (Wildman–Crippen MR) is 83.2 cm³/mol. The van der Waals surface area contributed by atoms with E-state index in [1.807, 2.05) is 11.0 Å². The first-order valence-corrected chi connectivity index (χ1v) is 7.50. The molecule has 0 aromatic carbocycles. The van der Waals surface area contributed by atoms with Gasteiger partial charge in [0.05, 0.1) is 0 Å². The highest BCUT2D eigenvalue weighted by Crippen LogP contribution is 2.10. The van der Waals surface area contributed by atoms with Gasteiger partial charge in [-0.25, -0.2) is 9.97 Å². The van der Waals surface area contributed by atoms with Crippen LogP contribution in [0.15, 0.2) is 30.2 Å². The molecule has 8 heteroatoms. The average Bonchev–Trinajstić information content (AvgIpc) is 2.59. The van der Waals surface area contributed by atoms with Gasteiger partial charge in [0.2, 0.25) is 5.95 Å². The number of anilines is 1. The summed E-state index contributed by atoms with van der Waals surface area (Å²) in [5, 5.41) is 11.7. The summed E-state index contributed by atoms with van der Waals surface area (Å²) >= 11 is 5.51. The van der Waals surface area contributed by atoms with Crippen molar-refractivity contribution in [3.05, 3.63) is 30.2 Å². The summed E-state index contributed by atoms with van der Waals surface area (Å²) in [6, 6.07) is 3.71. The van der Waals surface area contributed by atoms with Crippen LogP contribution in [0.4, 0.5) is 5.95 Å². The van der Waals surface area contributed by atoms with Crippen LogP contribution in [0.1, 0.15) is 0 Å². The molecule has 1 N–H and O–H groups in total. The SMILES string of the molecule is N#C/C(=C/N1CCN(c2ncccn2)CC1)C(=O)NCCCl. The number of hydrogen-bond donors (Lipinski definition) is 1. The highest BCUT2D eigenvalue weighted by Gasteiger charge is 2.18. The van der Waals surface area contributed by atoms with Crippen molar-refractivity contribution < 1.29 is 4.79 Å². The number of nitriles is 1. The molecule has 1 aliphatic rings. The Hall–Kier alpha value is -2.33. The molecule has 22 heavy (non-hydrogen) atoms. The number of hydrogen-bond acceptors (Lipinski definition) is 6. The standard InChI is InChI=1S/C14H17ClN6O/c15-2-5-17-13(22)12(10-16)11-20-6-8-21(9-7-20)14-18-3-1-4-19-14/h1,3-4,11H,2,5-9H2,(H,17,22)/b12-11-. The van der Waals surface area contributed by atoms with Crippen molar-refractivity contribution in [2.45, 2.75) is 0 Å². The van der Waals surface area contributed by atoms with E-state index >= 15 is 0 Å². The van der Waals surface area contributed by atoms with E-state index in [1.165, 1.54) is 0 Å². The number of nitrogens with one attached hydrogen (secondary N) is 1. The van der Waals surface area contributed by atoms with Crippen LogP contribution in [0.2, 0.25) is 0 Å². The Kier molecular flexibility index (Phi) is 5.98. The van der Waals surface area contributed by atoms with Gasteiger partial charge in [-0.05, 0) is 6.07 Å². The molecule has 0 saturated carbocycles. The number of amides is 1. The summed E-state index contributed by atoms with van der Waals surface area (Å²) in [6.07, 6.45) is 5.03. The molecule has 1 fully saturated rings. The summed E-state index contributed by atoms with van der Waals surface area (Å²) in [5.74, 6) is 0.628. The molecule has 1 amide bonds. The number of aromatic nitrogens is 2. The summed E-state index contributed by atoms with van der Waals surface area (Å²) in [7, 11) is 0. The Labute approximate surface area is 134 Å². The first-order valence-electron chi connectivity index (χ1n) is 6.96. The van der Waals surface area contributed by atoms with E-state index < -0.39 is 5.91 Å². The molecule has 0 spiro atoms. The molecule has 1 aromatic rings. The van der Waals surface area contributed by atoms with Crippen LogP contribution < -0.4 is 10.2 Å². The summed E-state index contributed by atoms with van der Waals surface area (Å²) < 4.78 is 0. The lowest BCUT2D eigenvalue weighted by molar-refractivity contribution is -0.117. The maximum Gasteiger partial charge on any atom is 0.263 e. The first-order chi connectivity index (χ1) is 10.7. The van der Waals surface area contributed by atoms with E-state index in [1.54, 1.807) is 24.7 Å². The van der Waals surface area contributed by atoms with Crippen molar-refractivity contribution in [1.82, 2.24) is 20.2 Å². The number of piperazine rings is 1. The van der Waals surface area contributed by atoms with E-state index in [0.717, 1.165) is 13.1 Å². The lowest BCUT2D eigenvalue weighted by Gasteiger charge is -2.34. The smallest absolute Gasteiger partial charge is 0.263 e. The number of nitrogens with zero attached hydrogens (tertiary/aromatic N) is 5. The Morgan fingerprint density at radius 3 is 2.64 bits per heavy atom. The Morgan fingerprint density at radius 2 is 2.05 bits per heavy atom. The Balaban J connectivity index is 1.92. The van der Waals surface area contributed by atoms with E-state index in [4.69, 9.17) is 16.9 Å². The third-order valence-electron chi connectivity index (χ3n) is 3.21. The molecule has 0 unspecified atom stereocenters. The molecule has 116 valence electrons.